The molecule has 0 fully saturated rings. The fourth-order valence-electron chi connectivity index (χ4n) is 2.74. The SMILES string of the molecule is Cc1cccc(C2CCc3ccccc3C2)n1. The average molecular weight is 223 g/mol. The van der Waals surface area contributed by atoms with Crippen molar-refractivity contribution < 1.29 is 0 Å². The van der Waals surface area contributed by atoms with Gasteiger partial charge in [-0.25, -0.2) is 0 Å². The van der Waals surface area contributed by atoms with Gasteiger partial charge < -0.3 is 0 Å². The molecule has 0 saturated carbocycles. The van der Waals surface area contributed by atoms with Gasteiger partial charge in [0.1, 0.15) is 0 Å². The van der Waals surface area contributed by atoms with Crippen LogP contribution in [0.2, 0.25) is 0 Å². The largest absolute Gasteiger partial charge is 0.258 e. The van der Waals surface area contributed by atoms with Crippen LogP contribution in [-0.2, 0) is 12.8 Å². The summed E-state index contributed by atoms with van der Waals surface area (Å²) in [4.78, 5) is 4.67. The number of fused-ring (bicyclic) bond motifs is 1. The van der Waals surface area contributed by atoms with Crippen molar-refractivity contribution in [3.05, 3.63) is 65.0 Å². The Bertz CT molecular complexity index is 531. The Morgan fingerprint density at radius 3 is 2.65 bits per heavy atom. The molecule has 1 unspecified atom stereocenters. The van der Waals surface area contributed by atoms with Crippen molar-refractivity contribution in [2.45, 2.75) is 32.1 Å². The quantitative estimate of drug-likeness (QED) is 0.719. The van der Waals surface area contributed by atoms with E-state index in [1.807, 2.05) is 0 Å². The van der Waals surface area contributed by atoms with Gasteiger partial charge in [0, 0.05) is 17.3 Å². The smallest absolute Gasteiger partial charge is 0.0441 e. The van der Waals surface area contributed by atoms with Gasteiger partial charge in [0.05, 0.1) is 0 Å². The molecule has 1 aliphatic carbocycles. The van der Waals surface area contributed by atoms with Crippen LogP contribution in [0, 0.1) is 6.92 Å². The minimum Gasteiger partial charge on any atom is -0.258 e. The summed E-state index contributed by atoms with van der Waals surface area (Å²) in [5.41, 5.74) is 5.42. The maximum atomic E-state index is 4.67. The molecule has 1 heteroatoms. The molecule has 0 amide bonds. The van der Waals surface area contributed by atoms with Gasteiger partial charge in [0.25, 0.3) is 0 Å². The van der Waals surface area contributed by atoms with Gasteiger partial charge in [-0.2, -0.15) is 0 Å². The van der Waals surface area contributed by atoms with E-state index in [9.17, 15) is 0 Å². The van der Waals surface area contributed by atoms with Crippen LogP contribution in [0.3, 0.4) is 0 Å². The lowest BCUT2D eigenvalue weighted by Crippen LogP contribution is -2.13. The number of pyridine rings is 1. The van der Waals surface area contributed by atoms with Crippen LogP contribution < -0.4 is 0 Å². The second-order valence-electron chi connectivity index (χ2n) is 4.91. The molecule has 1 aliphatic rings. The number of nitrogens with zero attached hydrogens (tertiary/aromatic N) is 1. The third-order valence-electron chi connectivity index (χ3n) is 3.67. The van der Waals surface area contributed by atoms with E-state index in [0.717, 1.165) is 12.1 Å². The highest BCUT2D eigenvalue weighted by molar-refractivity contribution is 5.32. The van der Waals surface area contributed by atoms with Crippen LogP contribution in [0.4, 0.5) is 0 Å². The lowest BCUT2D eigenvalue weighted by atomic mass is 9.82. The van der Waals surface area contributed by atoms with Crippen molar-refractivity contribution in [2.75, 3.05) is 0 Å². The van der Waals surface area contributed by atoms with E-state index in [4.69, 9.17) is 0 Å². The van der Waals surface area contributed by atoms with E-state index < -0.39 is 0 Å². The molecule has 0 bridgehead atoms. The summed E-state index contributed by atoms with van der Waals surface area (Å²) in [5, 5.41) is 0. The average Bonchev–Trinajstić information content (AvgIpc) is 2.38. The molecular formula is C16H17N. The van der Waals surface area contributed by atoms with Crippen molar-refractivity contribution in [1.29, 1.82) is 0 Å². The maximum absolute atomic E-state index is 4.67. The summed E-state index contributed by atoms with van der Waals surface area (Å²) in [6.07, 6.45) is 3.57. The van der Waals surface area contributed by atoms with Gasteiger partial charge in [-0.1, -0.05) is 30.3 Å². The predicted octanol–water partition coefficient (Wildman–Crippen LogP) is 3.66. The molecule has 0 saturated heterocycles. The van der Waals surface area contributed by atoms with Crippen molar-refractivity contribution >= 4 is 0 Å². The summed E-state index contributed by atoms with van der Waals surface area (Å²) in [5.74, 6) is 0.602. The number of benzene rings is 1. The van der Waals surface area contributed by atoms with Gasteiger partial charge >= 0.3 is 0 Å². The molecule has 1 aromatic carbocycles. The highest BCUT2D eigenvalue weighted by Gasteiger charge is 2.20. The zero-order valence-corrected chi connectivity index (χ0v) is 10.2. The predicted molar refractivity (Wildman–Crippen MR) is 70.2 cm³/mol. The van der Waals surface area contributed by atoms with Crippen molar-refractivity contribution in [2.24, 2.45) is 0 Å². The molecule has 0 N–H and O–H groups in total. The number of aryl methyl sites for hydroxylation is 2. The molecule has 1 aromatic heterocycles. The first-order chi connectivity index (χ1) is 8.33. The molecule has 86 valence electrons. The summed E-state index contributed by atoms with van der Waals surface area (Å²) >= 11 is 0. The Balaban J connectivity index is 1.89. The Hall–Kier alpha value is -1.63. The van der Waals surface area contributed by atoms with Gasteiger partial charge in [0.2, 0.25) is 0 Å². The molecule has 3 rings (SSSR count). The fourth-order valence-corrected chi connectivity index (χ4v) is 2.74. The Morgan fingerprint density at radius 2 is 1.82 bits per heavy atom. The first-order valence-corrected chi connectivity index (χ1v) is 6.33. The number of hydrogen-bond acceptors (Lipinski definition) is 1. The first kappa shape index (κ1) is 10.5. The van der Waals surface area contributed by atoms with Crippen LogP contribution in [0.5, 0.6) is 0 Å². The van der Waals surface area contributed by atoms with E-state index in [1.165, 1.54) is 29.7 Å². The second kappa shape index (κ2) is 4.33. The molecule has 17 heavy (non-hydrogen) atoms. The van der Waals surface area contributed by atoms with Crippen LogP contribution >= 0.6 is 0 Å². The monoisotopic (exact) mass is 223 g/mol. The molecule has 1 atom stereocenters. The van der Waals surface area contributed by atoms with E-state index in [0.29, 0.717) is 5.92 Å². The zero-order valence-electron chi connectivity index (χ0n) is 10.2. The van der Waals surface area contributed by atoms with Crippen LogP contribution in [0.15, 0.2) is 42.5 Å². The summed E-state index contributed by atoms with van der Waals surface area (Å²) in [6.45, 7) is 2.07. The van der Waals surface area contributed by atoms with E-state index in [1.54, 1.807) is 0 Å². The van der Waals surface area contributed by atoms with Crippen LogP contribution in [0.1, 0.15) is 34.9 Å². The van der Waals surface area contributed by atoms with Crippen LogP contribution in [0.25, 0.3) is 0 Å². The van der Waals surface area contributed by atoms with Gasteiger partial charge in [-0.3, -0.25) is 4.98 Å². The minimum atomic E-state index is 0.602. The molecule has 1 heterocycles. The van der Waals surface area contributed by atoms with E-state index >= 15 is 0 Å². The normalized spacial score (nSPS) is 18.8. The minimum absolute atomic E-state index is 0.602. The second-order valence-corrected chi connectivity index (χ2v) is 4.91. The van der Waals surface area contributed by atoms with Gasteiger partial charge in [0.15, 0.2) is 0 Å². The molecule has 0 spiro atoms. The highest BCUT2D eigenvalue weighted by Crippen LogP contribution is 2.31. The third kappa shape index (κ3) is 2.10. The summed E-state index contributed by atoms with van der Waals surface area (Å²) in [7, 11) is 0. The Kier molecular flexibility index (Phi) is 2.68. The van der Waals surface area contributed by atoms with Gasteiger partial charge in [-0.05, 0) is 49.4 Å². The van der Waals surface area contributed by atoms with Crippen LogP contribution in [-0.4, -0.2) is 4.98 Å². The zero-order chi connectivity index (χ0) is 11.7. The maximum Gasteiger partial charge on any atom is 0.0441 e. The van der Waals surface area contributed by atoms with E-state index in [-0.39, 0.29) is 0 Å². The van der Waals surface area contributed by atoms with Crippen molar-refractivity contribution in [3.63, 3.8) is 0 Å². The standard InChI is InChI=1S/C16H17N/c1-12-5-4-8-16(17-12)15-10-9-13-6-2-3-7-14(13)11-15/h2-8,15H,9-11H2,1H3. The number of hydrogen-bond donors (Lipinski definition) is 0. The topological polar surface area (TPSA) is 12.9 Å². The summed E-state index contributed by atoms with van der Waals surface area (Å²) in [6, 6.07) is 15.2. The third-order valence-corrected chi connectivity index (χ3v) is 3.67. The lowest BCUT2D eigenvalue weighted by molar-refractivity contribution is 0.570. The molecule has 0 radical (unpaired) electrons. The van der Waals surface area contributed by atoms with Gasteiger partial charge in [-0.15, -0.1) is 0 Å². The Labute approximate surface area is 103 Å². The summed E-state index contributed by atoms with van der Waals surface area (Å²) < 4.78 is 0. The van der Waals surface area contributed by atoms with Crippen molar-refractivity contribution in [3.8, 4) is 0 Å². The molecule has 1 nitrogen and oxygen atoms in total. The number of rotatable bonds is 1. The highest BCUT2D eigenvalue weighted by atomic mass is 14.7. The fraction of sp³-hybridized carbons (Fsp3) is 0.312. The van der Waals surface area contributed by atoms with Crippen molar-refractivity contribution in [1.82, 2.24) is 4.98 Å². The molecule has 2 aromatic rings. The lowest BCUT2D eigenvalue weighted by Gasteiger charge is -2.24. The van der Waals surface area contributed by atoms with E-state index in [2.05, 4.69) is 54.4 Å². The first-order valence-electron chi connectivity index (χ1n) is 6.33. The molecule has 0 aliphatic heterocycles. The Morgan fingerprint density at radius 1 is 1.00 bits per heavy atom. The molecular weight excluding hydrogens is 206 g/mol. The number of aromatic nitrogens is 1.